The number of aromatic nitrogens is 2. The van der Waals surface area contributed by atoms with Gasteiger partial charge >= 0.3 is 6.18 Å². The van der Waals surface area contributed by atoms with Gasteiger partial charge in [-0.3, -0.25) is 0 Å². The van der Waals surface area contributed by atoms with Crippen molar-refractivity contribution in [1.82, 2.24) is 9.97 Å². The molecular weight excluding hydrogens is 251 g/mol. The van der Waals surface area contributed by atoms with Gasteiger partial charge in [0.05, 0.1) is 5.69 Å². The fourth-order valence-corrected chi connectivity index (χ4v) is 1.01. The molecule has 1 heterocycles. The molecule has 1 aromatic heterocycles. The van der Waals surface area contributed by atoms with Crippen molar-refractivity contribution in [2.24, 2.45) is 5.18 Å². The van der Waals surface area contributed by atoms with Crippen molar-refractivity contribution in [3.63, 3.8) is 0 Å². The molecule has 0 fully saturated rings. The molecule has 0 bridgehead atoms. The van der Waals surface area contributed by atoms with Crippen LogP contribution >= 0.6 is 11.6 Å². The van der Waals surface area contributed by atoms with Gasteiger partial charge < -0.3 is 5.11 Å². The van der Waals surface area contributed by atoms with Crippen LogP contribution in [0.3, 0.4) is 0 Å². The summed E-state index contributed by atoms with van der Waals surface area (Å²) < 4.78 is 36.3. The van der Waals surface area contributed by atoms with Gasteiger partial charge in [0, 0.05) is 7.11 Å². The van der Waals surface area contributed by atoms with Crippen LogP contribution in [0.15, 0.2) is 5.18 Å². The molecule has 0 aliphatic heterocycles. The van der Waals surface area contributed by atoms with Crippen molar-refractivity contribution in [3.8, 4) is 0 Å². The van der Waals surface area contributed by atoms with Gasteiger partial charge in [0.2, 0.25) is 5.82 Å². The average molecular weight is 258 g/mol. The zero-order chi connectivity index (χ0) is 12.9. The van der Waals surface area contributed by atoms with E-state index in [1.54, 1.807) is 0 Å². The van der Waals surface area contributed by atoms with Crippen LogP contribution in [0.2, 0.25) is 5.15 Å². The van der Waals surface area contributed by atoms with Crippen molar-refractivity contribution < 1.29 is 18.3 Å². The Morgan fingerprint density at radius 2 is 1.81 bits per heavy atom. The molecule has 0 aliphatic rings. The first-order valence-corrected chi connectivity index (χ1v) is 4.13. The molecule has 9 heteroatoms. The van der Waals surface area contributed by atoms with Crippen LogP contribution in [0.1, 0.15) is 11.5 Å². The minimum absolute atomic E-state index is 0.202. The first-order chi connectivity index (χ1) is 7.36. The summed E-state index contributed by atoms with van der Waals surface area (Å²) in [6, 6.07) is 0. The lowest BCUT2D eigenvalue weighted by molar-refractivity contribution is -0.145. The zero-order valence-corrected chi connectivity index (χ0v) is 8.96. The number of rotatable bonds is 1. The Balaban J connectivity index is 0.00000106. The highest BCUT2D eigenvalue weighted by Crippen LogP contribution is 2.31. The zero-order valence-electron chi connectivity index (χ0n) is 8.21. The normalized spacial score (nSPS) is 10.4. The SMILES string of the molecule is CO.Cc1nc(C(F)(F)F)nc(Cl)c1N=O. The minimum Gasteiger partial charge on any atom is -0.400 e. The van der Waals surface area contributed by atoms with Gasteiger partial charge in [-0.25, -0.2) is 9.97 Å². The third-order valence-electron chi connectivity index (χ3n) is 1.36. The van der Waals surface area contributed by atoms with E-state index in [2.05, 4.69) is 15.1 Å². The molecule has 16 heavy (non-hydrogen) atoms. The highest BCUT2D eigenvalue weighted by Gasteiger charge is 2.35. The van der Waals surface area contributed by atoms with Crippen molar-refractivity contribution in [2.75, 3.05) is 7.11 Å². The molecule has 0 atom stereocenters. The lowest BCUT2D eigenvalue weighted by atomic mass is 10.4. The Bertz CT molecular complexity index is 361. The van der Waals surface area contributed by atoms with E-state index < -0.39 is 17.2 Å². The number of hydrogen-bond donors (Lipinski definition) is 1. The number of nitroso groups, excluding NO2 is 1. The molecule has 0 spiro atoms. The summed E-state index contributed by atoms with van der Waals surface area (Å²) >= 11 is 5.30. The van der Waals surface area contributed by atoms with Crippen molar-refractivity contribution in [1.29, 1.82) is 0 Å². The number of nitrogens with zero attached hydrogens (tertiary/aromatic N) is 3. The van der Waals surface area contributed by atoms with Crippen LogP contribution in [0.4, 0.5) is 18.9 Å². The van der Waals surface area contributed by atoms with E-state index in [0.717, 1.165) is 7.11 Å². The molecule has 0 aliphatic carbocycles. The largest absolute Gasteiger partial charge is 0.451 e. The molecule has 0 saturated carbocycles. The Labute approximate surface area is 93.3 Å². The first kappa shape index (κ1) is 14.7. The molecule has 1 rings (SSSR count). The maximum atomic E-state index is 12.1. The second-order valence-corrected chi connectivity index (χ2v) is 2.72. The summed E-state index contributed by atoms with van der Waals surface area (Å²) in [6.45, 7) is 1.19. The molecular formula is C7H7ClF3N3O2. The summed E-state index contributed by atoms with van der Waals surface area (Å²) in [7, 11) is 1.00. The van der Waals surface area contributed by atoms with E-state index in [-0.39, 0.29) is 11.4 Å². The molecule has 0 saturated heterocycles. The van der Waals surface area contributed by atoms with E-state index in [0.29, 0.717) is 0 Å². The molecule has 0 unspecified atom stereocenters. The summed E-state index contributed by atoms with van der Waals surface area (Å²) in [6.07, 6.45) is -4.68. The maximum Gasteiger partial charge on any atom is 0.451 e. The fraction of sp³-hybridized carbons (Fsp3) is 0.429. The third kappa shape index (κ3) is 3.38. The number of halogens is 4. The van der Waals surface area contributed by atoms with Gasteiger partial charge in [0.25, 0.3) is 0 Å². The maximum absolute atomic E-state index is 12.1. The molecule has 1 N–H and O–H groups in total. The molecule has 90 valence electrons. The Morgan fingerprint density at radius 1 is 1.31 bits per heavy atom. The summed E-state index contributed by atoms with van der Waals surface area (Å²) in [5.41, 5.74) is -0.577. The van der Waals surface area contributed by atoms with Crippen molar-refractivity contribution in [2.45, 2.75) is 13.1 Å². The predicted octanol–water partition coefficient (Wildman–Crippen LogP) is 2.46. The van der Waals surface area contributed by atoms with Crippen LogP contribution in [0.25, 0.3) is 0 Å². The topological polar surface area (TPSA) is 75.4 Å². The Hall–Kier alpha value is -1.28. The Morgan fingerprint density at radius 3 is 2.12 bits per heavy atom. The number of aliphatic hydroxyl groups is 1. The van der Waals surface area contributed by atoms with Crippen LogP contribution < -0.4 is 0 Å². The molecule has 0 amide bonds. The third-order valence-corrected chi connectivity index (χ3v) is 1.62. The van der Waals surface area contributed by atoms with E-state index >= 15 is 0 Å². The standard InChI is InChI=1S/C6H3ClF3N3O.CH4O/c1-2-3(13-14)4(7)12-5(11-2)6(8,9)10;1-2/h1H3;2H,1H3. The smallest absolute Gasteiger partial charge is 0.400 e. The van der Waals surface area contributed by atoms with Crippen molar-refractivity contribution >= 4 is 17.3 Å². The highest BCUT2D eigenvalue weighted by molar-refractivity contribution is 6.31. The van der Waals surface area contributed by atoms with Gasteiger partial charge in [-0.15, -0.1) is 4.91 Å². The minimum atomic E-state index is -4.68. The highest BCUT2D eigenvalue weighted by atomic mass is 35.5. The van der Waals surface area contributed by atoms with E-state index in [4.69, 9.17) is 16.7 Å². The second kappa shape index (κ2) is 5.71. The summed E-state index contributed by atoms with van der Waals surface area (Å²) in [5, 5.41) is 8.82. The van der Waals surface area contributed by atoms with Crippen LogP contribution in [-0.4, -0.2) is 22.2 Å². The van der Waals surface area contributed by atoms with Crippen LogP contribution in [0, 0.1) is 11.8 Å². The van der Waals surface area contributed by atoms with E-state index in [9.17, 15) is 18.1 Å². The number of aliphatic hydroxyl groups excluding tert-OH is 1. The predicted molar refractivity (Wildman–Crippen MR) is 50.4 cm³/mol. The molecule has 5 nitrogen and oxygen atoms in total. The number of hydrogen-bond acceptors (Lipinski definition) is 5. The first-order valence-electron chi connectivity index (χ1n) is 3.75. The lowest BCUT2D eigenvalue weighted by Gasteiger charge is -2.06. The van der Waals surface area contributed by atoms with Gasteiger partial charge in [0.15, 0.2) is 10.8 Å². The summed E-state index contributed by atoms with van der Waals surface area (Å²) in [5.74, 6) is -1.38. The van der Waals surface area contributed by atoms with Crippen molar-refractivity contribution in [3.05, 3.63) is 21.6 Å². The molecule has 0 aromatic carbocycles. The Kier molecular flexibility index (Phi) is 5.25. The second-order valence-electron chi connectivity index (χ2n) is 2.36. The van der Waals surface area contributed by atoms with Gasteiger partial charge in [-0.1, -0.05) is 11.6 Å². The van der Waals surface area contributed by atoms with Crippen LogP contribution in [0.5, 0.6) is 0 Å². The van der Waals surface area contributed by atoms with E-state index in [1.807, 2.05) is 0 Å². The average Bonchev–Trinajstić information content (AvgIpc) is 2.19. The number of alkyl halides is 3. The fourth-order valence-electron chi connectivity index (χ4n) is 0.763. The van der Waals surface area contributed by atoms with Gasteiger partial charge in [-0.05, 0) is 12.1 Å². The molecule has 1 aromatic rings. The van der Waals surface area contributed by atoms with Gasteiger partial charge in [-0.2, -0.15) is 13.2 Å². The van der Waals surface area contributed by atoms with Gasteiger partial charge in [0.1, 0.15) is 0 Å². The van der Waals surface area contributed by atoms with E-state index in [1.165, 1.54) is 6.92 Å². The lowest BCUT2D eigenvalue weighted by Crippen LogP contribution is -2.11. The monoisotopic (exact) mass is 257 g/mol. The molecule has 0 radical (unpaired) electrons. The number of aryl methyl sites for hydroxylation is 1. The quantitative estimate of drug-likeness (QED) is 0.619. The van der Waals surface area contributed by atoms with Crippen LogP contribution in [-0.2, 0) is 6.18 Å². The summed E-state index contributed by atoms with van der Waals surface area (Å²) in [4.78, 5) is 16.1.